The number of hydrogen-bond donors (Lipinski definition) is 0. The number of benzene rings is 1. The van der Waals surface area contributed by atoms with Gasteiger partial charge < -0.3 is 17.1 Å². The molecule has 0 bridgehead atoms. The van der Waals surface area contributed by atoms with Gasteiger partial charge in [-0.15, -0.1) is 0 Å². The molecule has 1 atom stereocenters. The number of hydrogen-bond acceptors (Lipinski definition) is 1. The van der Waals surface area contributed by atoms with Gasteiger partial charge >= 0.3 is 55.7 Å². The van der Waals surface area contributed by atoms with E-state index in [2.05, 4.69) is 19.1 Å². The summed E-state index contributed by atoms with van der Waals surface area (Å²) in [6.45, 7) is 3.11. The maximum atomic E-state index is 5.15. The second kappa shape index (κ2) is 8.54. The van der Waals surface area contributed by atoms with Crippen LogP contribution in [0.1, 0.15) is 19.8 Å². The van der Waals surface area contributed by atoms with Crippen molar-refractivity contribution in [2.45, 2.75) is 25.9 Å². The molecule has 1 saturated heterocycles. The van der Waals surface area contributed by atoms with E-state index in [1.54, 1.807) is 0 Å². The van der Waals surface area contributed by atoms with Gasteiger partial charge in [0.2, 0.25) is 0 Å². The van der Waals surface area contributed by atoms with Crippen LogP contribution in [-0.4, -0.2) is 34.4 Å². The van der Waals surface area contributed by atoms with Gasteiger partial charge in [0.15, 0.2) is 0 Å². The third kappa shape index (κ3) is 6.65. The molecule has 0 radical (unpaired) electrons. The van der Waals surface area contributed by atoms with Crippen LogP contribution in [0.3, 0.4) is 0 Å². The number of rotatable bonds is 0. The normalized spacial score (nSPS) is 19.2. The van der Waals surface area contributed by atoms with Crippen LogP contribution in [0.25, 0.3) is 0 Å². The fraction of sp³-hybridized carbons (Fsp3) is 0.455. The van der Waals surface area contributed by atoms with Crippen LogP contribution in [0.15, 0.2) is 30.3 Å². The summed E-state index contributed by atoms with van der Waals surface area (Å²) in [5, 5.41) is 0. The molecular formula is C11H15ClMgO. The molecule has 1 nitrogen and oxygen atoms in total. The molecule has 1 aromatic carbocycles. The van der Waals surface area contributed by atoms with Gasteiger partial charge in [-0.1, -0.05) is 0 Å². The van der Waals surface area contributed by atoms with Crippen LogP contribution < -0.4 is 16.1 Å². The first-order valence-corrected chi connectivity index (χ1v) is 5.48. The summed E-state index contributed by atoms with van der Waals surface area (Å²) in [5.41, 5.74) is 0. The van der Waals surface area contributed by atoms with Crippen LogP contribution in [-0.2, 0) is 4.74 Å². The molecule has 0 N–H and O–H groups in total. The molecule has 1 aliphatic heterocycles. The predicted octanol–water partition coefficient (Wildman–Crippen LogP) is -1.33. The fourth-order valence-corrected chi connectivity index (χ4v) is 1.49. The molecular weight excluding hydrogens is 208 g/mol. The summed E-state index contributed by atoms with van der Waals surface area (Å²) in [4.78, 5) is 0. The van der Waals surface area contributed by atoms with E-state index < -0.39 is 0 Å². The van der Waals surface area contributed by atoms with E-state index in [0.717, 1.165) is 6.61 Å². The van der Waals surface area contributed by atoms with Crippen molar-refractivity contribution >= 4 is 25.4 Å². The molecule has 0 spiro atoms. The zero-order valence-electron chi connectivity index (χ0n) is 8.58. The Hall–Kier alpha value is 0.236. The Labute approximate surface area is 105 Å². The SMILES string of the molecule is CC1CCCO1.[Cl-].[Mg+][c]1ccccc1. The minimum absolute atomic E-state index is 0. The van der Waals surface area contributed by atoms with E-state index in [9.17, 15) is 0 Å². The molecule has 0 aliphatic carbocycles. The molecule has 0 saturated carbocycles. The molecule has 2 rings (SSSR count). The average Bonchev–Trinajstić information content (AvgIpc) is 2.58. The summed E-state index contributed by atoms with van der Waals surface area (Å²) in [5.74, 6) is 0. The van der Waals surface area contributed by atoms with Gasteiger partial charge in [0.1, 0.15) is 0 Å². The van der Waals surface area contributed by atoms with Gasteiger partial charge in [0, 0.05) is 6.61 Å². The molecule has 1 heterocycles. The van der Waals surface area contributed by atoms with E-state index in [4.69, 9.17) is 4.74 Å². The Balaban J connectivity index is 0.000000227. The van der Waals surface area contributed by atoms with Crippen LogP contribution in [0, 0.1) is 0 Å². The average molecular weight is 223 g/mol. The molecule has 1 aliphatic rings. The molecule has 1 fully saturated rings. The molecule has 0 amide bonds. The summed E-state index contributed by atoms with van der Waals surface area (Å²) >= 11 is 1.90. The Morgan fingerprint density at radius 2 is 1.93 bits per heavy atom. The van der Waals surface area contributed by atoms with E-state index in [0.29, 0.717) is 6.10 Å². The van der Waals surface area contributed by atoms with Gasteiger partial charge in [-0.2, -0.15) is 0 Å². The molecule has 14 heavy (non-hydrogen) atoms. The summed E-state index contributed by atoms with van der Waals surface area (Å²) in [6.07, 6.45) is 3.08. The standard InChI is InChI=1S/C6H5.C5H10O.ClH.Mg/c1-2-4-6-5-3-1;1-5-3-2-4-6-5;;/h1-5H;5H,2-4H2,1H3;1H;/q;;;+1/p-1. The monoisotopic (exact) mass is 222 g/mol. The van der Waals surface area contributed by atoms with Crippen molar-refractivity contribution < 1.29 is 17.1 Å². The van der Waals surface area contributed by atoms with Crippen molar-refractivity contribution in [1.29, 1.82) is 0 Å². The molecule has 74 valence electrons. The van der Waals surface area contributed by atoms with Crippen LogP contribution in [0.4, 0.5) is 0 Å². The van der Waals surface area contributed by atoms with Gasteiger partial charge in [-0.05, 0) is 19.8 Å². The van der Waals surface area contributed by atoms with Crippen molar-refractivity contribution in [1.82, 2.24) is 0 Å². The Morgan fingerprint density at radius 1 is 1.29 bits per heavy atom. The Morgan fingerprint density at radius 3 is 2.14 bits per heavy atom. The number of ether oxygens (including phenoxy) is 1. The Bertz CT molecular complexity index is 222. The van der Waals surface area contributed by atoms with Crippen LogP contribution in [0.5, 0.6) is 0 Å². The first-order chi connectivity index (χ1) is 6.29. The van der Waals surface area contributed by atoms with Crippen molar-refractivity contribution in [2.24, 2.45) is 0 Å². The zero-order valence-corrected chi connectivity index (χ0v) is 10.7. The fourth-order valence-electron chi connectivity index (χ4n) is 1.22. The minimum atomic E-state index is 0. The first kappa shape index (κ1) is 14.2. The van der Waals surface area contributed by atoms with Crippen LogP contribution >= 0.6 is 0 Å². The molecule has 3 heteroatoms. The summed E-state index contributed by atoms with van der Waals surface area (Å²) < 4.78 is 6.50. The third-order valence-corrected chi connectivity index (χ3v) is 2.47. The topological polar surface area (TPSA) is 9.23 Å². The van der Waals surface area contributed by atoms with E-state index in [1.807, 2.05) is 39.9 Å². The predicted molar refractivity (Wildman–Crippen MR) is 56.5 cm³/mol. The first-order valence-electron chi connectivity index (χ1n) is 4.77. The Kier molecular flexibility index (Phi) is 8.68. The molecule has 0 aromatic heterocycles. The van der Waals surface area contributed by atoms with E-state index in [1.165, 1.54) is 16.5 Å². The zero-order chi connectivity index (χ0) is 9.52. The molecule has 1 aromatic rings. The van der Waals surface area contributed by atoms with Crippen molar-refractivity contribution in [3.63, 3.8) is 0 Å². The van der Waals surface area contributed by atoms with Gasteiger partial charge in [0.25, 0.3) is 0 Å². The number of halogens is 1. The second-order valence-corrected chi connectivity index (χ2v) is 4.13. The summed E-state index contributed by atoms with van der Waals surface area (Å²) in [6, 6.07) is 10.3. The van der Waals surface area contributed by atoms with Crippen molar-refractivity contribution in [3.8, 4) is 0 Å². The summed E-state index contributed by atoms with van der Waals surface area (Å²) in [7, 11) is 0. The quantitative estimate of drug-likeness (QED) is 0.495. The van der Waals surface area contributed by atoms with Gasteiger partial charge in [-0.25, -0.2) is 0 Å². The third-order valence-electron chi connectivity index (χ3n) is 2.00. The van der Waals surface area contributed by atoms with Gasteiger partial charge in [0.05, 0.1) is 6.10 Å². The maximum absolute atomic E-state index is 5.15. The van der Waals surface area contributed by atoms with Crippen LogP contribution in [0.2, 0.25) is 0 Å². The van der Waals surface area contributed by atoms with Gasteiger partial charge in [-0.3, -0.25) is 0 Å². The van der Waals surface area contributed by atoms with E-state index in [-0.39, 0.29) is 12.4 Å². The molecule has 1 unspecified atom stereocenters. The second-order valence-electron chi connectivity index (χ2n) is 3.31. The van der Waals surface area contributed by atoms with Crippen molar-refractivity contribution in [2.75, 3.05) is 6.61 Å². The van der Waals surface area contributed by atoms with Crippen molar-refractivity contribution in [3.05, 3.63) is 30.3 Å². The van der Waals surface area contributed by atoms with E-state index >= 15 is 0 Å².